The van der Waals surface area contributed by atoms with E-state index in [4.69, 9.17) is 14.2 Å². The molecule has 1 aliphatic heterocycles. The smallest absolute Gasteiger partial charge is 0.338 e. The number of amides is 1. The maximum Gasteiger partial charge on any atom is 0.338 e. The maximum atomic E-state index is 12.2. The van der Waals surface area contributed by atoms with Gasteiger partial charge in [-0.3, -0.25) is 4.79 Å². The summed E-state index contributed by atoms with van der Waals surface area (Å²) < 4.78 is 17.8. The molecular weight excluding hydrogens is 374 g/mol. The Bertz CT molecular complexity index is 1040. The number of hydrogen-bond acceptors (Lipinski definition) is 6. The van der Waals surface area contributed by atoms with Gasteiger partial charge < -0.3 is 19.5 Å². The first-order valence-electron chi connectivity index (χ1n) is 9.08. The number of carbonyl (C=O) groups excluding carboxylic acids is 2. The molecular formula is C21H19N3O5. The molecule has 1 N–H and O–H groups in total. The summed E-state index contributed by atoms with van der Waals surface area (Å²) in [4.78, 5) is 24.3. The number of carbonyl (C=O) groups is 2. The normalized spacial score (nSPS) is 12.3. The van der Waals surface area contributed by atoms with Gasteiger partial charge in [0.05, 0.1) is 11.3 Å². The summed E-state index contributed by atoms with van der Waals surface area (Å²) in [5, 5.41) is 6.89. The van der Waals surface area contributed by atoms with E-state index in [0.29, 0.717) is 36.0 Å². The Kier molecular flexibility index (Phi) is 5.15. The number of fused-ring (bicyclic) bond motifs is 1. The molecule has 3 aromatic rings. The number of ether oxygens (including phenoxy) is 3. The summed E-state index contributed by atoms with van der Waals surface area (Å²) in [7, 11) is 0. The molecule has 0 unspecified atom stereocenters. The first-order chi connectivity index (χ1) is 14.1. The van der Waals surface area contributed by atoms with Crippen molar-refractivity contribution in [3.05, 3.63) is 66.0 Å². The predicted molar refractivity (Wildman–Crippen MR) is 105 cm³/mol. The van der Waals surface area contributed by atoms with Gasteiger partial charge in [-0.1, -0.05) is 0 Å². The molecule has 0 bridgehead atoms. The summed E-state index contributed by atoms with van der Waals surface area (Å²) in [5.74, 6) is 0.179. The van der Waals surface area contributed by atoms with Crippen molar-refractivity contribution in [3.8, 4) is 17.2 Å². The molecule has 0 fully saturated rings. The average molecular weight is 393 g/mol. The molecule has 29 heavy (non-hydrogen) atoms. The Balaban J connectivity index is 1.32. The fourth-order valence-corrected chi connectivity index (χ4v) is 2.91. The fraction of sp³-hybridized carbons (Fsp3) is 0.190. The number of anilines is 1. The number of nitrogens with zero attached hydrogens (tertiary/aromatic N) is 2. The molecule has 1 aromatic heterocycles. The van der Waals surface area contributed by atoms with Crippen LogP contribution in [0.1, 0.15) is 16.1 Å². The minimum absolute atomic E-state index is 0.352. The van der Waals surface area contributed by atoms with Gasteiger partial charge in [0, 0.05) is 23.6 Å². The molecule has 1 aliphatic rings. The Morgan fingerprint density at radius 2 is 1.83 bits per heavy atom. The molecule has 0 atom stereocenters. The molecule has 0 aliphatic carbocycles. The number of rotatable bonds is 5. The monoisotopic (exact) mass is 393 g/mol. The van der Waals surface area contributed by atoms with Crippen LogP contribution in [0.25, 0.3) is 5.69 Å². The third kappa shape index (κ3) is 4.21. The molecule has 0 radical (unpaired) electrons. The van der Waals surface area contributed by atoms with Gasteiger partial charge in [0.25, 0.3) is 5.91 Å². The SMILES string of the molecule is Cc1ccnn1-c1ccc(C(=O)OCC(=O)Nc2ccc3c(c2)OCCO3)cc1. The largest absolute Gasteiger partial charge is 0.486 e. The van der Waals surface area contributed by atoms with Crippen molar-refractivity contribution >= 4 is 17.6 Å². The first-order valence-corrected chi connectivity index (χ1v) is 9.08. The van der Waals surface area contributed by atoms with Crippen LogP contribution in [0, 0.1) is 6.92 Å². The molecule has 2 aromatic carbocycles. The minimum atomic E-state index is -0.578. The number of aryl methyl sites for hydroxylation is 1. The summed E-state index contributed by atoms with van der Waals surface area (Å²) in [5.41, 5.74) is 2.71. The van der Waals surface area contributed by atoms with Gasteiger partial charge in [0.1, 0.15) is 13.2 Å². The second-order valence-electron chi connectivity index (χ2n) is 6.41. The van der Waals surface area contributed by atoms with Crippen LogP contribution in [0.2, 0.25) is 0 Å². The third-order valence-corrected chi connectivity index (χ3v) is 4.34. The minimum Gasteiger partial charge on any atom is -0.486 e. The molecule has 0 spiro atoms. The molecule has 2 heterocycles. The predicted octanol–water partition coefficient (Wildman–Crippen LogP) is 2.75. The molecule has 8 heteroatoms. The van der Waals surface area contributed by atoms with Crippen LogP contribution in [0.15, 0.2) is 54.7 Å². The summed E-state index contributed by atoms with van der Waals surface area (Å²) >= 11 is 0. The second-order valence-corrected chi connectivity index (χ2v) is 6.41. The van der Waals surface area contributed by atoms with E-state index in [9.17, 15) is 9.59 Å². The highest BCUT2D eigenvalue weighted by Crippen LogP contribution is 2.32. The molecule has 0 saturated heterocycles. The zero-order chi connectivity index (χ0) is 20.2. The van der Waals surface area contributed by atoms with E-state index < -0.39 is 18.5 Å². The van der Waals surface area contributed by atoms with E-state index in [-0.39, 0.29) is 0 Å². The van der Waals surface area contributed by atoms with Gasteiger partial charge in [0.15, 0.2) is 18.1 Å². The Hall–Kier alpha value is -3.81. The molecule has 1 amide bonds. The van der Waals surface area contributed by atoms with Crippen molar-refractivity contribution in [2.75, 3.05) is 25.1 Å². The van der Waals surface area contributed by atoms with E-state index in [2.05, 4.69) is 10.4 Å². The highest BCUT2D eigenvalue weighted by atomic mass is 16.6. The lowest BCUT2D eigenvalue weighted by Crippen LogP contribution is -2.21. The van der Waals surface area contributed by atoms with Crippen LogP contribution in [0.3, 0.4) is 0 Å². The number of benzene rings is 2. The van der Waals surface area contributed by atoms with Crippen molar-refractivity contribution < 1.29 is 23.8 Å². The van der Waals surface area contributed by atoms with E-state index in [0.717, 1.165) is 11.4 Å². The van der Waals surface area contributed by atoms with Crippen molar-refractivity contribution in [1.29, 1.82) is 0 Å². The summed E-state index contributed by atoms with van der Waals surface area (Å²) in [6.45, 7) is 2.50. The van der Waals surface area contributed by atoms with Crippen LogP contribution >= 0.6 is 0 Å². The topological polar surface area (TPSA) is 91.7 Å². The van der Waals surface area contributed by atoms with Crippen LogP contribution in [0.5, 0.6) is 11.5 Å². The van der Waals surface area contributed by atoms with E-state index >= 15 is 0 Å². The van der Waals surface area contributed by atoms with Gasteiger partial charge in [-0.2, -0.15) is 5.10 Å². The summed E-state index contributed by atoms with van der Waals surface area (Å²) in [6, 6.07) is 13.8. The standard InChI is InChI=1S/C21H19N3O5/c1-14-8-9-22-24(14)17-5-2-15(3-6-17)21(26)29-13-20(25)23-16-4-7-18-19(12-16)28-11-10-27-18/h2-9,12H,10-11,13H2,1H3,(H,23,25). The zero-order valence-electron chi connectivity index (χ0n) is 15.8. The number of esters is 1. The van der Waals surface area contributed by atoms with Gasteiger partial charge in [0.2, 0.25) is 0 Å². The van der Waals surface area contributed by atoms with Crippen LogP contribution in [-0.2, 0) is 9.53 Å². The van der Waals surface area contributed by atoms with E-state index in [1.807, 2.05) is 13.0 Å². The van der Waals surface area contributed by atoms with Gasteiger partial charge >= 0.3 is 5.97 Å². The lowest BCUT2D eigenvalue weighted by molar-refractivity contribution is -0.119. The molecule has 0 saturated carbocycles. The average Bonchev–Trinajstić information content (AvgIpc) is 3.18. The van der Waals surface area contributed by atoms with Crippen molar-refractivity contribution in [2.45, 2.75) is 6.92 Å². The summed E-state index contributed by atoms with van der Waals surface area (Å²) in [6.07, 6.45) is 1.71. The second kappa shape index (κ2) is 8.05. The van der Waals surface area contributed by atoms with Crippen LogP contribution in [-0.4, -0.2) is 41.5 Å². The van der Waals surface area contributed by atoms with Crippen LogP contribution < -0.4 is 14.8 Å². The Labute approximate surface area is 167 Å². The van der Waals surface area contributed by atoms with Gasteiger partial charge in [-0.05, 0) is 49.4 Å². The fourth-order valence-electron chi connectivity index (χ4n) is 2.91. The Morgan fingerprint density at radius 3 is 2.55 bits per heavy atom. The van der Waals surface area contributed by atoms with Gasteiger partial charge in [-0.15, -0.1) is 0 Å². The van der Waals surface area contributed by atoms with Crippen molar-refractivity contribution in [1.82, 2.24) is 9.78 Å². The quantitative estimate of drug-likeness (QED) is 0.670. The number of aromatic nitrogens is 2. The van der Waals surface area contributed by atoms with E-state index in [1.165, 1.54) is 0 Å². The third-order valence-electron chi connectivity index (χ3n) is 4.34. The maximum absolute atomic E-state index is 12.2. The lowest BCUT2D eigenvalue weighted by atomic mass is 10.2. The number of hydrogen-bond donors (Lipinski definition) is 1. The Morgan fingerprint density at radius 1 is 1.07 bits per heavy atom. The first kappa shape index (κ1) is 18.5. The zero-order valence-corrected chi connectivity index (χ0v) is 15.8. The lowest BCUT2D eigenvalue weighted by Gasteiger charge is -2.19. The molecule has 4 rings (SSSR count). The van der Waals surface area contributed by atoms with Gasteiger partial charge in [-0.25, -0.2) is 9.48 Å². The van der Waals surface area contributed by atoms with Crippen molar-refractivity contribution in [3.63, 3.8) is 0 Å². The van der Waals surface area contributed by atoms with E-state index in [1.54, 1.807) is 53.3 Å². The highest BCUT2D eigenvalue weighted by Gasteiger charge is 2.14. The molecule has 8 nitrogen and oxygen atoms in total. The number of nitrogens with one attached hydrogen (secondary N) is 1. The molecule has 148 valence electrons. The highest BCUT2D eigenvalue weighted by molar-refractivity contribution is 5.95. The van der Waals surface area contributed by atoms with Crippen molar-refractivity contribution in [2.24, 2.45) is 0 Å². The van der Waals surface area contributed by atoms with Crippen LogP contribution in [0.4, 0.5) is 5.69 Å².